The minimum Gasteiger partial charge on any atom is -0.206 e. The van der Waals surface area contributed by atoms with Crippen LogP contribution in [0.2, 0.25) is 0 Å². The van der Waals surface area contributed by atoms with Crippen LogP contribution in [0.1, 0.15) is 16.5 Å². The van der Waals surface area contributed by atoms with Crippen LogP contribution >= 0.6 is 27.5 Å². The quantitative estimate of drug-likeness (QED) is 0.481. The van der Waals surface area contributed by atoms with Gasteiger partial charge in [0.15, 0.2) is 0 Å². The molecule has 0 aromatic heterocycles. The van der Waals surface area contributed by atoms with Gasteiger partial charge in [0.25, 0.3) is 0 Å². The van der Waals surface area contributed by atoms with Crippen LogP contribution < -0.4 is 0 Å². The number of hydrogen-bond acceptors (Lipinski definition) is 0. The molecule has 0 nitrogen and oxygen atoms in total. The van der Waals surface area contributed by atoms with E-state index in [9.17, 15) is 4.39 Å². The van der Waals surface area contributed by atoms with Crippen LogP contribution in [0.25, 0.3) is 10.8 Å². The van der Waals surface area contributed by atoms with Crippen molar-refractivity contribution in [3.8, 4) is 0 Å². The van der Waals surface area contributed by atoms with Gasteiger partial charge in [0.2, 0.25) is 0 Å². The highest BCUT2D eigenvalue weighted by molar-refractivity contribution is 9.10. The smallest absolute Gasteiger partial charge is 0.137 e. The lowest BCUT2D eigenvalue weighted by molar-refractivity contribution is 0.620. The molecule has 0 N–H and O–H groups in total. The van der Waals surface area contributed by atoms with Crippen LogP contribution in [-0.2, 0) is 6.42 Å². The molecule has 0 bridgehead atoms. The molecular formula is C18H13BrClF. The molecule has 0 aliphatic rings. The van der Waals surface area contributed by atoms with Gasteiger partial charge in [-0.15, -0.1) is 11.6 Å². The van der Waals surface area contributed by atoms with Gasteiger partial charge in [0, 0.05) is 0 Å². The summed E-state index contributed by atoms with van der Waals surface area (Å²) in [7, 11) is 0. The van der Waals surface area contributed by atoms with E-state index in [1.807, 2.05) is 18.2 Å². The SMILES string of the molecule is Fc1ccc(C(Cl)Cc2cccc3ccccc23)cc1Br. The summed E-state index contributed by atoms with van der Waals surface area (Å²) >= 11 is 9.73. The third-order valence-electron chi connectivity index (χ3n) is 3.58. The van der Waals surface area contributed by atoms with Crippen molar-refractivity contribution in [1.82, 2.24) is 0 Å². The Labute approximate surface area is 136 Å². The van der Waals surface area contributed by atoms with Crippen molar-refractivity contribution in [2.45, 2.75) is 11.8 Å². The average Bonchev–Trinajstić information content (AvgIpc) is 2.50. The van der Waals surface area contributed by atoms with Crippen molar-refractivity contribution in [2.24, 2.45) is 0 Å². The molecule has 3 heteroatoms. The second-order valence-electron chi connectivity index (χ2n) is 4.98. The molecule has 0 fully saturated rings. The van der Waals surface area contributed by atoms with Gasteiger partial charge in [-0.25, -0.2) is 4.39 Å². The maximum atomic E-state index is 13.3. The minimum atomic E-state index is -0.271. The van der Waals surface area contributed by atoms with E-state index in [0.717, 1.165) is 5.56 Å². The third-order valence-corrected chi connectivity index (χ3v) is 4.60. The van der Waals surface area contributed by atoms with Crippen LogP contribution in [0.5, 0.6) is 0 Å². The fourth-order valence-electron chi connectivity index (χ4n) is 2.49. The van der Waals surface area contributed by atoms with Gasteiger partial charge in [-0.05, 0) is 56.4 Å². The Morgan fingerprint density at radius 1 is 1.00 bits per heavy atom. The molecule has 0 amide bonds. The predicted octanol–water partition coefficient (Wildman–Crippen LogP) is 6.26. The first-order valence-corrected chi connectivity index (χ1v) is 7.94. The number of benzene rings is 3. The van der Waals surface area contributed by atoms with Crippen LogP contribution in [0.4, 0.5) is 4.39 Å². The van der Waals surface area contributed by atoms with Crippen LogP contribution in [0, 0.1) is 5.82 Å². The summed E-state index contributed by atoms with van der Waals surface area (Å²) in [6.45, 7) is 0. The van der Waals surface area contributed by atoms with E-state index in [4.69, 9.17) is 11.6 Å². The first kappa shape index (κ1) is 14.6. The lowest BCUT2D eigenvalue weighted by Gasteiger charge is -2.13. The van der Waals surface area contributed by atoms with Gasteiger partial charge in [0.05, 0.1) is 9.85 Å². The second kappa shape index (κ2) is 6.17. The van der Waals surface area contributed by atoms with Crippen molar-refractivity contribution < 1.29 is 4.39 Å². The van der Waals surface area contributed by atoms with Gasteiger partial charge >= 0.3 is 0 Å². The van der Waals surface area contributed by atoms with Gasteiger partial charge in [-0.3, -0.25) is 0 Å². The summed E-state index contributed by atoms with van der Waals surface area (Å²) in [5.41, 5.74) is 2.12. The molecular weight excluding hydrogens is 351 g/mol. The normalized spacial score (nSPS) is 12.5. The fourth-order valence-corrected chi connectivity index (χ4v) is 3.19. The van der Waals surface area contributed by atoms with Gasteiger partial charge in [0.1, 0.15) is 5.82 Å². The molecule has 3 aromatic carbocycles. The molecule has 0 aliphatic carbocycles. The largest absolute Gasteiger partial charge is 0.206 e. The van der Waals surface area contributed by atoms with Crippen LogP contribution in [0.15, 0.2) is 65.1 Å². The molecule has 1 atom stereocenters. The van der Waals surface area contributed by atoms with Gasteiger partial charge in [-0.1, -0.05) is 48.5 Å². The van der Waals surface area contributed by atoms with Gasteiger partial charge in [-0.2, -0.15) is 0 Å². The molecule has 3 rings (SSSR count). The minimum absolute atomic E-state index is 0.187. The van der Waals surface area contributed by atoms with Crippen molar-refractivity contribution in [2.75, 3.05) is 0 Å². The number of hydrogen-bond donors (Lipinski definition) is 0. The number of rotatable bonds is 3. The monoisotopic (exact) mass is 362 g/mol. The third kappa shape index (κ3) is 3.12. The zero-order valence-corrected chi connectivity index (χ0v) is 13.5. The summed E-state index contributed by atoms with van der Waals surface area (Å²) in [6, 6.07) is 19.4. The Kier molecular flexibility index (Phi) is 4.27. The maximum Gasteiger partial charge on any atom is 0.137 e. The fraction of sp³-hybridized carbons (Fsp3) is 0.111. The highest BCUT2D eigenvalue weighted by Crippen LogP contribution is 2.30. The van der Waals surface area contributed by atoms with E-state index < -0.39 is 0 Å². The summed E-state index contributed by atoms with van der Waals surface area (Å²) < 4.78 is 13.8. The standard InChI is InChI=1S/C18H13BrClF/c19-16-10-14(8-9-18(16)21)17(20)11-13-6-3-5-12-4-1-2-7-15(12)13/h1-10,17H,11H2. The van der Waals surface area contributed by atoms with Crippen molar-refractivity contribution in [3.63, 3.8) is 0 Å². The lowest BCUT2D eigenvalue weighted by atomic mass is 9.98. The average molecular weight is 364 g/mol. The highest BCUT2D eigenvalue weighted by atomic mass is 79.9. The van der Waals surface area contributed by atoms with Crippen molar-refractivity contribution >= 4 is 38.3 Å². The summed E-state index contributed by atoms with van der Waals surface area (Å²) in [5, 5.41) is 2.23. The van der Waals surface area contributed by atoms with E-state index in [2.05, 4.69) is 40.2 Å². The molecule has 0 aliphatic heterocycles. The van der Waals surface area contributed by atoms with Crippen LogP contribution in [-0.4, -0.2) is 0 Å². The molecule has 0 radical (unpaired) electrons. The molecule has 21 heavy (non-hydrogen) atoms. The molecule has 0 spiro atoms. The van der Waals surface area contributed by atoms with E-state index in [-0.39, 0.29) is 11.2 Å². The molecule has 3 aromatic rings. The van der Waals surface area contributed by atoms with Crippen molar-refractivity contribution in [1.29, 1.82) is 0 Å². The first-order chi connectivity index (χ1) is 10.1. The molecule has 106 valence electrons. The summed E-state index contributed by atoms with van der Waals surface area (Å²) in [6.07, 6.45) is 0.709. The van der Waals surface area contributed by atoms with E-state index >= 15 is 0 Å². The predicted molar refractivity (Wildman–Crippen MR) is 90.3 cm³/mol. The number of alkyl halides is 1. The molecule has 0 saturated carbocycles. The first-order valence-electron chi connectivity index (χ1n) is 6.71. The molecule has 0 saturated heterocycles. The van der Waals surface area contributed by atoms with Gasteiger partial charge < -0.3 is 0 Å². The molecule has 0 heterocycles. The highest BCUT2D eigenvalue weighted by Gasteiger charge is 2.12. The Morgan fingerprint density at radius 2 is 1.76 bits per heavy atom. The zero-order valence-electron chi connectivity index (χ0n) is 11.2. The summed E-state index contributed by atoms with van der Waals surface area (Å²) in [4.78, 5) is 0. The summed E-state index contributed by atoms with van der Waals surface area (Å²) in [5.74, 6) is -0.271. The lowest BCUT2D eigenvalue weighted by Crippen LogP contribution is -1.97. The van der Waals surface area contributed by atoms with Crippen LogP contribution in [0.3, 0.4) is 0 Å². The Morgan fingerprint density at radius 3 is 2.57 bits per heavy atom. The molecule has 1 unspecified atom stereocenters. The second-order valence-corrected chi connectivity index (χ2v) is 6.36. The number of halogens is 3. The van der Waals surface area contributed by atoms with Crippen molar-refractivity contribution in [3.05, 3.63) is 82.1 Å². The van der Waals surface area contributed by atoms with E-state index in [0.29, 0.717) is 10.9 Å². The number of fused-ring (bicyclic) bond motifs is 1. The van der Waals surface area contributed by atoms with E-state index in [1.165, 1.54) is 22.4 Å². The maximum absolute atomic E-state index is 13.3. The zero-order chi connectivity index (χ0) is 14.8. The van der Waals surface area contributed by atoms with E-state index in [1.54, 1.807) is 12.1 Å². The Bertz CT molecular complexity index is 780. The topological polar surface area (TPSA) is 0 Å². The Hall–Kier alpha value is -1.38. The Balaban J connectivity index is 1.92.